The summed E-state index contributed by atoms with van der Waals surface area (Å²) in [5, 5.41) is 9.12. The third kappa shape index (κ3) is 2.63. The Kier molecular flexibility index (Phi) is 3.54. The molecule has 0 aliphatic heterocycles. The molecule has 0 radical (unpaired) electrons. The standard InChI is InChI=1S/C11H11N3O3S/c15-8-9-4-1-2-5-10(9)18(16,17)14-11-12-6-3-7-13-11/h1-7,15H,8H2,(H,12,13,14). The molecule has 2 N–H and O–H groups in total. The van der Waals surface area contributed by atoms with Gasteiger partial charge >= 0.3 is 0 Å². The van der Waals surface area contributed by atoms with Crippen LogP contribution in [0.5, 0.6) is 0 Å². The van der Waals surface area contributed by atoms with E-state index in [0.717, 1.165) is 0 Å². The molecule has 0 aliphatic rings. The molecule has 6 nitrogen and oxygen atoms in total. The molecule has 0 unspecified atom stereocenters. The van der Waals surface area contributed by atoms with E-state index in [2.05, 4.69) is 14.7 Å². The van der Waals surface area contributed by atoms with Crippen LogP contribution in [0.25, 0.3) is 0 Å². The lowest BCUT2D eigenvalue weighted by atomic mass is 10.2. The predicted molar refractivity (Wildman–Crippen MR) is 65.2 cm³/mol. The van der Waals surface area contributed by atoms with Gasteiger partial charge in [0.2, 0.25) is 5.95 Å². The van der Waals surface area contributed by atoms with Crippen molar-refractivity contribution in [3.8, 4) is 0 Å². The van der Waals surface area contributed by atoms with Gasteiger partial charge in [-0.25, -0.2) is 23.1 Å². The summed E-state index contributed by atoms with van der Waals surface area (Å²) in [5.41, 5.74) is 0.320. The maximum absolute atomic E-state index is 12.1. The lowest BCUT2D eigenvalue weighted by molar-refractivity contribution is 0.278. The van der Waals surface area contributed by atoms with Crippen molar-refractivity contribution in [3.63, 3.8) is 0 Å². The maximum Gasteiger partial charge on any atom is 0.264 e. The fraction of sp³-hybridized carbons (Fsp3) is 0.0909. The molecule has 1 aromatic heterocycles. The van der Waals surface area contributed by atoms with Gasteiger partial charge in [0.1, 0.15) is 0 Å². The van der Waals surface area contributed by atoms with Crippen molar-refractivity contribution in [1.29, 1.82) is 0 Å². The molecule has 7 heteroatoms. The minimum absolute atomic E-state index is 0.00903. The largest absolute Gasteiger partial charge is 0.392 e. The molecule has 94 valence electrons. The van der Waals surface area contributed by atoms with Gasteiger partial charge in [0, 0.05) is 12.4 Å². The first-order valence-corrected chi connectivity index (χ1v) is 6.60. The average molecular weight is 265 g/mol. The van der Waals surface area contributed by atoms with Gasteiger partial charge in [-0.1, -0.05) is 18.2 Å². The molecule has 0 saturated carbocycles. The first-order chi connectivity index (χ1) is 8.63. The van der Waals surface area contributed by atoms with Gasteiger partial charge in [0.05, 0.1) is 11.5 Å². The van der Waals surface area contributed by atoms with Crippen molar-refractivity contribution >= 4 is 16.0 Å². The molecule has 0 atom stereocenters. The van der Waals surface area contributed by atoms with E-state index in [-0.39, 0.29) is 17.5 Å². The highest BCUT2D eigenvalue weighted by molar-refractivity contribution is 7.92. The summed E-state index contributed by atoms with van der Waals surface area (Å²) in [4.78, 5) is 7.58. The number of aliphatic hydroxyl groups is 1. The van der Waals surface area contributed by atoms with Gasteiger partial charge in [-0.3, -0.25) is 0 Å². The van der Waals surface area contributed by atoms with Crippen LogP contribution < -0.4 is 4.72 Å². The molecule has 1 heterocycles. The average Bonchev–Trinajstić information content (AvgIpc) is 2.39. The van der Waals surface area contributed by atoms with Crippen LogP contribution >= 0.6 is 0 Å². The summed E-state index contributed by atoms with van der Waals surface area (Å²) >= 11 is 0. The fourth-order valence-corrected chi connectivity index (χ4v) is 2.61. The third-order valence-electron chi connectivity index (χ3n) is 2.22. The van der Waals surface area contributed by atoms with E-state index >= 15 is 0 Å². The zero-order chi connectivity index (χ0) is 13.0. The zero-order valence-corrected chi connectivity index (χ0v) is 10.1. The van der Waals surface area contributed by atoms with E-state index in [4.69, 9.17) is 5.11 Å². The summed E-state index contributed by atoms with van der Waals surface area (Å²) in [6.45, 7) is -0.354. The van der Waals surface area contributed by atoms with E-state index in [1.807, 2.05) is 0 Å². The van der Waals surface area contributed by atoms with Crippen LogP contribution in [-0.2, 0) is 16.6 Å². The molecule has 0 fully saturated rings. The Morgan fingerprint density at radius 1 is 1.11 bits per heavy atom. The van der Waals surface area contributed by atoms with Gasteiger partial charge in [-0.15, -0.1) is 0 Å². The molecular formula is C11H11N3O3S. The van der Waals surface area contributed by atoms with Gasteiger partial charge < -0.3 is 5.11 Å². The minimum atomic E-state index is -3.79. The molecule has 18 heavy (non-hydrogen) atoms. The van der Waals surface area contributed by atoms with Crippen molar-refractivity contribution in [1.82, 2.24) is 9.97 Å². The number of rotatable bonds is 4. The SMILES string of the molecule is O=S(=O)(Nc1ncccn1)c1ccccc1CO. The van der Waals surface area contributed by atoms with Crippen molar-refractivity contribution in [3.05, 3.63) is 48.3 Å². The second-order valence-electron chi connectivity index (χ2n) is 3.44. The number of hydrogen-bond acceptors (Lipinski definition) is 5. The van der Waals surface area contributed by atoms with E-state index in [0.29, 0.717) is 5.56 Å². The van der Waals surface area contributed by atoms with Crippen molar-refractivity contribution < 1.29 is 13.5 Å². The summed E-state index contributed by atoms with van der Waals surface area (Å²) in [7, 11) is -3.79. The summed E-state index contributed by atoms with van der Waals surface area (Å²) in [6, 6.07) is 7.78. The monoisotopic (exact) mass is 265 g/mol. The molecule has 0 spiro atoms. The first-order valence-electron chi connectivity index (χ1n) is 5.12. The molecule has 1 aromatic carbocycles. The normalized spacial score (nSPS) is 11.2. The number of aliphatic hydroxyl groups excluding tert-OH is 1. The number of aromatic nitrogens is 2. The molecule has 0 amide bonds. The summed E-state index contributed by atoms with van der Waals surface area (Å²) in [5.74, 6) is -0.00903. The van der Waals surface area contributed by atoms with Crippen LogP contribution in [0.1, 0.15) is 5.56 Å². The van der Waals surface area contributed by atoms with Crippen LogP contribution in [0.2, 0.25) is 0 Å². The second kappa shape index (κ2) is 5.11. The molecule has 0 saturated heterocycles. The van der Waals surface area contributed by atoms with E-state index in [9.17, 15) is 8.42 Å². The summed E-state index contributed by atoms with van der Waals surface area (Å²) < 4.78 is 26.4. The Hall–Kier alpha value is -1.99. The van der Waals surface area contributed by atoms with E-state index in [1.165, 1.54) is 18.5 Å². The quantitative estimate of drug-likeness (QED) is 0.851. The van der Waals surface area contributed by atoms with Crippen LogP contribution in [-0.4, -0.2) is 23.5 Å². The highest BCUT2D eigenvalue weighted by Crippen LogP contribution is 2.17. The van der Waals surface area contributed by atoms with Crippen LogP contribution in [0.15, 0.2) is 47.6 Å². The van der Waals surface area contributed by atoms with Crippen LogP contribution in [0.3, 0.4) is 0 Å². The van der Waals surface area contributed by atoms with Gasteiger partial charge in [0.15, 0.2) is 0 Å². The van der Waals surface area contributed by atoms with E-state index in [1.54, 1.807) is 24.3 Å². The number of nitrogens with zero attached hydrogens (tertiary/aromatic N) is 2. The summed E-state index contributed by atoms with van der Waals surface area (Å²) in [6.07, 6.45) is 2.87. The smallest absolute Gasteiger partial charge is 0.264 e. The molecule has 0 aliphatic carbocycles. The molecule has 0 bridgehead atoms. The van der Waals surface area contributed by atoms with Crippen molar-refractivity contribution in [2.45, 2.75) is 11.5 Å². The Labute approximate surface area is 104 Å². The van der Waals surface area contributed by atoms with Crippen LogP contribution in [0, 0.1) is 0 Å². The van der Waals surface area contributed by atoms with Gasteiger partial charge in [0.25, 0.3) is 10.0 Å². The highest BCUT2D eigenvalue weighted by Gasteiger charge is 2.18. The highest BCUT2D eigenvalue weighted by atomic mass is 32.2. The Balaban J connectivity index is 2.37. The van der Waals surface area contributed by atoms with Crippen molar-refractivity contribution in [2.24, 2.45) is 0 Å². The Morgan fingerprint density at radius 2 is 1.78 bits per heavy atom. The topological polar surface area (TPSA) is 92.2 Å². The Bertz CT molecular complexity index is 629. The second-order valence-corrected chi connectivity index (χ2v) is 5.09. The third-order valence-corrected chi connectivity index (χ3v) is 3.65. The first kappa shape index (κ1) is 12.5. The van der Waals surface area contributed by atoms with Crippen LogP contribution in [0.4, 0.5) is 5.95 Å². The molecule has 2 rings (SSSR count). The van der Waals surface area contributed by atoms with Gasteiger partial charge in [-0.2, -0.15) is 0 Å². The lowest BCUT2D eigenvalue weighted by Crippen LogP contribution is -2.16. The fourth-order valence-electron chi connectivity index (χ4n) is 1.42. The minimum Gasteiger partial charge on any atom is -0.392 e. The number of benzene rings is 1. The molecule has 2 aromatic rings. The van der Waals surface area contributed by atoms with E-state index < -0.39 is 10.0 Å². The predicted octanol–water partition coefficient (Wildman–Crippen LogP) is 0.770. The van der Waals surface area contributed by atoms with Gasteiger partial charge in [-0.05, 0) is 17.7 Å². The molecular weight excluding hydrogens is 254 g/mol. The Morgan fingerprint density at radius 3 is 2.44 bits per heavy atom. The number of hydrogen-bond donors (Lipinski definition) is 2. The number of nitrogens with one attached hydrogen (secondary N) is 1. The number of anilines is 1. The zero-order valence-electron chi connectivity index (χ0n) is 9.31. The number of sulfonamides is 1. The van der Waals surface area contributed by atoms with Crippen molar-refractivity contribution in [2.75, 3.05) is 4.72 Å². The maximum atomic E-state index is 12.1. The lowest BCUT2D eigenvalue weighted by Gasteiger charge is -2.09.